The second kappa shape index (κ2) is 15.4. The summed E-state index contributed by atoms with van der Waals surface area (Å²) in [4.78, 5) is 53.6. The third-order valence-corrected chi connectivity index (χ3v) is 7.50. The number of rotatable bonds is 12. The lowest BCUT2D eigenvalue weighted by Gasteiger charge is -2.31. The number of ether oxygens (including phenoxy) is 2. The minimum Gasteiger partial charge on any atom is -0.461 e. The molecule has 1 aliphatic rings. The van der Waals surface area contributed by atoms with Gasteiger partial charge in [0.05, 0.1) is 18.0 Å². The van der Waals surface area contributed by atoms with E-state index >= 15 is 0 Å². The monoisotopic (exact) mass is 585 g/mol. The molecule has 0 aromatic heterocycles. The van der Waals surface area contributed by atoms with E-state index in [1.807, 2.05) is 60.7 Å². The number of carbonyl (C=O) groups is 4. The van der Waals surface area contributed by atoms with Gasteiger partial charge in [0.25, 0.3) is 0 Å². The Labute approximate surface area is 245 Å². The molecule has 1 unspecified atom stereocenters. The van der Waals surface area contributed by atoms with E-state index in [0.717, 1.165) is 11.1 Å². The molecule has 3 rings (SSSR count). The van der Waals surface area contributed by atoms with Crippen LogP contribution in [0.4, 0.5) is 4.79 Å². The van der Waals surface area contributed by atoms with Gasteiger partial charge in [-0.2, -0.15) is 0 Å². The topological polar surface area (TPSA) is 134 Å². The van der Waals surface area contributed by atoms with Crippen LogP contribution in [0.25, 0.3) is 0 Å². The fourth-order valence-electron chi connectivity index (χ4n) is 4.32. The van der Waals surface area contributed by atoms with Crippen molar-refractivity contribution in [2.24, 2.45) is 5.92 Å². The SMILES string of the molecule is CC(C)OC(=O)C(O)[C@H](Cc1ccccc1)NC(=O)[C@@H]1CSCN1C(=O)[C@@H](NC(=O)OCc1ccccc1)C(C)C. The first-order valence-corrected chi connectivity index (χ1v) is 14.8. The molecule has 41 heavy (non-hydrogen) atoms. The van der Waals surface area contributed by atoms with Gasteiger partial charge < -0.3 is 30.1 Å². The summed E-state index contributed by atoms with van der Waals surface area (Å²) in [5.74, 6) is -1.46. The number of esters is 1. The Morgan fingerprint density at radius 1 is 0.951 bits per heavy atom. The molecular formula is C30H39N3O7S. The molecule has 0 aliphatic carbocycles. The van der Waals surface area contributed by atoms with Crippen molar-refractivity contribution < 1.29 is 33.8 Å². The van der Waals surface area contributed by atoms with Gasteiger partial charge in [0.15, 0.2) is 6.10 Å². The molecule has 1 fully saturated rings. The zero-order valence-electron chi connectivity index (χ0n) is 23.8. The van der Waals surface area contributed by atoms with Gasteiger partial charge in [-0.25, -0.2) is 9.59 Å². The molecule has 0 saturated carbocycles. The molecule has 222 valence electrons. The number of thioether (sulfide) groups is 1. The third-order valence-electron chi connectivity index (χ3n) is 6.49. The molecule has 0 spiro atoms. The molecular weight excluding hydrogens is 546 g/mol. The highest BCUT2D eigenvalue weighted by atomic mass is 32.2. The van der Waals surface area contributed by atoms with Crippen LogP contribution in [0.3, 0.4) is 0 Å². The van der Waals surface area contributed by atoms with Crippen LogP contribution in [0.5, 0.6) is 0 Å². The van der Waals surface area contributed by atoms with Crippen molar-refractivity contribution in [2.45, 2.75) is 71.1 Å². The number of aliphatic hydroxyl groups excluding tert-OH is 1. The van der Waals surface area contributed by atoms with Crippen LogP contribution >= 0.6 is 11.8 Å². The summed E-state index contributed by atoms with van der Waals surface area (Å²) in [5.41, 5.74) is 1.62. The second-order valence-electron chi connectivity index (χ2n) is 10.5. The first-order chi connectivity index (χ1) is 19.6. The molecule has 0 bridgehead atoms. The quantitative estimate of drug-likeness (QED) is 0.324. The van der Waals surface area contributed by atoms with E-state index in [1.165, 1.54) is 16.7 Å². The Morgan fingerprint density at radius 3 is 2.15 bits per heavy atom. The third kappa shape index (κ3) is 9.50. The number of nitrogens with zero attached hydrogens (tertiary/aromatic N) is 1. The molecule has 1 aliphatic heterocycles. The number of hydrogen-bond donors (Lipinski definition) is 3. The Bertz CT molecular complexity index is 1160. The van der Waals surface area contributed by atoms with Crippen molar-refractivity contribution in [3.05, 3.63) is 71.8 Å². The van der Waals surface area contributed by atoms with E-state index in [9.17, 15) is 24.3 Å². The van der Waals surface area contributed by atoms with Crippen molar-refractivity contribution >= 4 is 35.6 Å². The fourth-order valence-corrected chi connectivity index (χ4v) is 5.48. The molecule has 10 nitrogen and oxygen atoms in total. The predicted molar refractivity (Wildman–Crippen MR) is 156 cm³/mol. The molecule has 1 heterocycles. The summed E-state index contributed by atoms with van der Waals surface area (Å²) >= 11 is 1.40. The van der Waals surface area contributed by atoms with E-state index in [2.05, 4.69) is 10.6 Å². The zero-order chi connectivity index (χ0) is 29.9. The number of carbonyl (C=O) groups excluding carboxylic acids is 4. The lowest BCUT2D eigenvalue weighted by molar-refractivity contribution is -0.159. The van der Waals surface area contributed by atoms with Gasteiger partial charge in [-0.05, 0) is 37.3 Å². The molecule has 2 aromatic rings. The van der Waals surface area contributed by atoms with E-state index in [1.54, 1.807) is 27.7 Å². The summed E-state index contributed by atoms with van der Waals surface area (Å²) in [6, 6.07) is 15.6. The highest BCUT2D eigenvalue weighted by Gasteiger charge is 2.41. The number of benzene rings is 2. The van der Waals surface area contributed by atoms with Gasteiger partial charge in [0.2, 0.25) is 11.8 Å². The van der Waals surface area contributed by atoms with Crippen molar-refractivity contribution in [1.29, 1.82) is 0 Å². The molecule has 4 atom stereocenters. The zero-order valence-corrected chi connectivity index (χ0v) is 24.6. The normalized spacial score (nSPS) is 17.0. The van der Waals surface area contributed by atoms with Crippen LogP contribution in [0.2, 0.25) is 0 Å². The standard InChI is InChI=1S/C30H39N3O7S/c1-19(2)25(32-30(38)39-16-22-13-9-6-10-14-22)28(36)33-18-41-17-24(33)27(35)31-23(15-21-11-7-5-8-12-21)26(34)29(37)40-20(3)4/h5-14,19-20,23-26,34H,15-18H2,1-4H3,(H,31,35)(H,32,38)/t23-,24-,25-,26?/m0/s1. The largest absolute Gasteiger partial charge is 0.461 e. The van der Waals surface area contributed by atoms with E-state index in [4.69, 9.17) is 9.47 Å². The Hall–Kier alpha value is -3.57. The average molecular weight is 586 g/mol. The highest BCUT2D eigenvalue weighted by molar-refractivity contribution is 7.99. The summed E-state index contributed by atoms with van der Waals surface area (Å²) < 4.78 is 10.5. The number of alkyl carbamates (subject to hydrolysis) is 1. The minimum absolute atomic E-state index is 0.0562. The van der Waals surface area contributed by atoms with Crippen LogP contribution < -0.4 is 10.6 Å². The van der Waals surface area contributed by atoms with E-state index < -0.39 is 54.2 Å². The second-order valence-corrected chi connectivity index (χ2v) is 11.5. The molecule has 2 aromatic carbocycles. The smallest absolute Gasteiger partial charge is 0.408 e. The van der Waals surface area contributed by atoms with Gasteiger partial charge >= 0.3 is 12.1 Å². The van der Waals surface area contributed by atoms with Gasteiger partial charge in [-0.15, -0.1) is 11.8 Å². The Morgan fingerprint density at radius 2 is 1.56 bits per heavy atom. The summed E-state index contributed by atoms with van der Waals surface area (Å²) in [6.07, 6.45) is -2.60. The lowest BCUT2D eigenvalue weighted by Crippen LogP contribution is -2.58. The number of amides is 3. The maximum absolute atomic E-state index is 13.6. The Kier molecular flexibility index (Phi) is 12.0. The Balaban J connectivity index is 1.69. The van der Waals surface area contributed by atoms with Gasteiger partial charge in [-0.1, -0.05) is 74.5 Å². The average Bonchev–Trinajstić information content (AvgIpc) is 3.44. The molecule has 1 saturated heterocycles. The van der Waals surface area contributed by atoms with Crippen molar-refractivity contribution in [1.82, 2.24) is 15.5 Å². The van der Waals surface area contributed by atoms with Gasteiger partial charge in [-0.3, -0.25) is 9.59 Å². The fraction of sp³-hybridized carbons (Fsp3) is 0.467. The highest BCUT2D eigenvalue weighted by Crippen LogP contribution is 2.24. The summed E-state index contributed by atoms with van der Waals surface area (Å²) in [7, 11) is 0. The van der Waals surface area contributed by atoms with Crippen LogP contribution in [-0.4, -0.2) is 75.8 Å². The molecule has 0 radical (unpaired) electrons. The maximum atomic E-state index is 13.6. The molecule has 11 heteroatoms. The number of nitrogens with one attached hydrogen (secondary N) is 2. The summed E-state index contributed by atoms with van der Waals surface area (Å²) in [6.45, 7) is 6.99. The number of aliphatic hydroxyl groups is 1. The van der Waals surface area contributed by atoms with Crippen LogP contribution in [0.15, 0.2) is 60.7 Å². The minimum atomic E-state index is -1.61. The first kappa shape index (κ1) is 32.0. The van der Waals surface area contributed by atoms with Crippen LogP contribution in [0.1, 0.15) is 38.8 Å². The van der Waals surface area contributed by atoms with Gasteiger partial charge in [0, 0.05) is 5.75 Å². The maximum Gasteiger partial charge on any atom is 0.408 e. The van der Waals surface area contributed by atoms with Crippen molar-refractivity contribution in [3.63, 3.8) is 0 Å². The van der Waals surface area contributed by atoms with Crippen LogP contribution in [0, 0.1) is 5.92 Å². The van der Waals surface area contributed by atoms with Gasteiger partial charge in [0.1, 0.15) is 18.7 Å². The molecule has 3 amide bonds. The predicted octanol–water partition coefficient (Wildman–Crippen LogP) is 2.88. The van der Waals surface area contributed by atoms with Crippen molar-refractivity contribution in [2.75, 3.05) is 11.6 Å². The lowest BCUT2D eigenvalue weighted by atomic mass is 10.00. The van der Waals surface area contributed by atoms with E-state index in [0.29, 0.717) is 5.75 Å². The van der Waals surface area contributed by atoms with E-state index in [-0.39, 0.29) is 24.8 Å². The number of hydrogen-bond acceptors (Lipinski definition) is 8. The molecule has 3 N–H and O–H groups in total. The van der Waals surface area contributed by atoms with Crippen LogP contribution in [-0.2, 0) is 36.9 Å². The summed E-state index contributed by atoms with van der Waals surface area (Å²) in [5, 5.41) is 16.2. The van der Waals surface area contributed by atoms with Crippen molar-refractivity contribution in [3.8, 4) is 0 Å². The first-order valence-electron chi connectivity index (χ1n) is 13.6.